The lowest BCUT2D eigenvalue weighted by Gasteiger charge is -2.11. The molecule has 1 aromatic carbocycles. The van der Waals surface area contributed by atoms with Gasteiger partial charge in [0.25, 0.3) is 0 Å². The summed E-state index contributed by atoms with van der Waals surface area (Å²) in [5, 5.41) is 2.69. The van der Waals surface area contributed by atoms with E-state index in [4.69, 9.17) is 0 Å². The zero-order chi connectivity index (χ0) is 11.6. The van der Waals surface area contributed by atoms with E-state index >= 15 is 0 Å². The van der Waals surface area contributed by atoms with Crippen molar-refractivity contribution in [3.63, 3.8) is 0 Å². The predicted octanol–water partition coefficient (Wildman–Crippen LogP) is 1.56. The van der Waals surface area contributed by atoms with Crippen molar-refractivity contribution in [2.45, 2.75) is 25.7 Å². The minimum Gasteiger partial charge on any atom is -0.306 e. The average molecular weight is 227 g/mol. The maximum atomic E-state index is 11.9. The first-order valence-corrected chi connectivity index (χ1v) is 6.49. The van der Waals surface area contributed by atoms with Crippen molar-refractivity contribution in [3.05, 3.63) is 28.8 Å². The number of aryl methyl sites for hydroxylation is 3. The minimum absolute atomic E-state index is 0.0161. The second-order valence-electron chi connectivity index (χ2n) is 3.84. The largest absolute Gasteiger partial charge is 0.306 e. The molecule has 0 unspecified atom stereocenters. The zero-order valence-corrected chi connectivity index (χ0v) is 10.4. The van der Waals surface area contributed by atoms with Gasteiger partial charge in [0.2, 0.25) is 0 Å². The molecule has 0 atom stereocenters. The van der Waals surface area contributed by atoms with Crippen LogP contribution in [0.15, 0.2) is 17.0 Å². The molecule has 84 valence electrons. The number of hydrogen-bond donors (Lipinski definition) is 1. The van der Waals surface area contributed by atoms with Crippen LogP contribution in [-0.4, -0.2) is 21.3 Å². The molecule has 1 aromatic rings. The van der Waals surface area contributed by atoms with Crippen LogP contribution in [0, 0.1) is 20.8 Å². The molecular weight excluding hydrogens is 210 g/mol. The summed E-state index contributed by atoms with van der Waals surface area (Å²) in [6, 6.07) is 3.80. The van der Waals surface area contributed by atoms with E-state index in [1.165, 1.54) is 0 Å². The van der Waals surface area contributed by atoms with E-state index in [2.05, 4.69) is 5.32 Å². The van der Waals surface area contributed by atoms with Crippen molar-refractivity contribution in [1.82, 2.24) is 5.32 Å². The third-order valence-corrected chi connectivity index (χ3v) is 4.18. The summed E-state index contributed by atoms with van der Waals surface area (Å²) in [5.74, 6) is -0.0161. The lowest BCUT2D eigenvalue weighted by Crippen LogP contribution is -2.20. The van der Waals surface area contributed by atoms with Crippen molar-refractivity contribution in [2.24, 2.45) is 0 Å². The molecule has 0 aliphatic rings. The second-order valence-corrected chi connectivity index (χ2v) is 5.77. The lowest BCUT2D eigenvalue weighted by atomic mass is 10.1. The maximum absolute atomic E-state index is 11.9. The van der Waals surface area contributed by atoms with E-state index in [0.29, 0.717) is 4.90 Å². The van der Waals surface area contributed by atoms with Gasteiger partial charge in [-0.25, -0.2) is 8.42 Å². The normalized spacial score (nSPS) is 11.7. The molecule has 3 nitrogen and oxygen atoms in total. The highest BCUT2D eigenvalue weighted by atomic mass is 32.2. The van der Waals surface area contributed by atoms with Crippen molar-refractivity contribution in [2.75, 3.05) is 12.9 Å². The van der Waals surface area contributed by atoms with E-state index in [0.717, 1.165) is 16.7 Å². The Hall–Kier alpha value is -0.870. The predicted molar refractivity (Wildman–Crippen MR) is 61.8 cm³/mol. The Bertz CT molecular complexity index is 440. The van der Waals surface area contributed by atoms with Crippen molar-refractivity contribution >= 4 is 9.84 Å². The second kappa shape index (κ2) is 4.33. The molecule has 15 heavy (non-hydrogen) atoms. The summed E-state index contributed by atoms with van der Waals surface area (Å²) in [4.78, 5) is 0.461. The van der Waals surface area contributed by atoms with Crippen molar-refractivity contribution in [1.29, 1.82) is 0 Å². The minimum atomic E-state index is -3.20. The van der Waals surface area contributed by atoms with Crippen LogP contribution in [0.3, 0.4) is 0 Å². The van der Waals surface area contributed by atoms with Crippen LogP contribution in [-0.2, 0) is 9.84 Å². The van der Waals surface area contributed by atoms with Gasteiger partial charge in [-0.05, 0) is 38.9 Å². The Kier molecular flexibility index (Phi) is 3.52. The highest BCUT2D eigenvalue weighted by molar-refractivity contribution is 7.91. The number of sulfone groups is 1. The molecule has 0 radical (unpaired) electrons. The van der Waals surface area contributed by atoms with E-state index in [1.807, 2.05) is 32.9 Å². The van der Waals surface area contributed by atoms with Gasteiger partial charge in [0.15, 0.2) is 9.84 Å². The van der Waals surface area contributed by atoms with Crippen LogP contribution in [0.5, 0.6) is 0 Å². The fourth-order valence-corrected chi connectivity index (χ4v) is 3.54. The molecule has 0 saturated heterocycles. The molecule has 0 aliphatic heterocycles. The highest BCUT2D eigenvalue weighted by Crippen LogP contribution is 2.22. The molecule has 0 aliphatic carbocycles. The van der Waals surface area contributed by atoms with Crippen LogP contribution < -0.4 is 5.32 Å². The van der Waals surface area contributed by atoms with E-state index in [9.17, 15) is 8.42 Å². The Balaban J connectivity index is 3.38. The third-order valence-electron chi connectivity index (χ3n) is 2.25. The zero-order valence-electron chi connectivity index (χ0n) is 9.59. The van der Waals surface area contributed by atoms with Gasteiger partial charge in [-0.1, -0.05) is 17.7 Å². The first-order valence-electron chi connectivity index (χ1n) is 4.83. The molecule has 0 bridgehead atoms. The van der Waals surface area contributed by atoms with Gasteiger partial charge in [-0.2, -0.15) is 0 Å². The van der Waals surface area contributed by atoms with Gasteiger partial charge in [-0.3, -0.25) is 0 Å². The van der Waals surface area contributed by atoms with Crippen molar-refractivity contribution < 1.29 is 8.42 Å². The summed E-state index contributed by atoms with van der Waals surface area (Å²) in [5.41, 5.74) is 2.74. The standard InChI is InChI=1S/C11H17NO2S/c1-8-5-9(2)11(10(3)6-8)15(13,14)7-12-4/h5-6,12H,7H2,1-4H3. The van der Waals surface area contributed by atoms with Gasteiger partial charge >= 0.3 is 0 Å². The summed E-state index contributed by atoms with van der Waals surface area (Å²) >= 11 is 0. The van der Waals surface area contributed by atoms with Gasteiger partial charge in [0.1, 0.15) is 5.88 Å². The lowest BCUT2D eigenvalue weighted by molar-refractivity contribution is 0.590. The van der Waals surface area contributed by atoms with Gasteiger partial charge in [0.05, 0.1) is 4.90 Å². The summed E-state index contributed by atoms with van der Waals surface area (Å²) in [6.45, 7) is 5.64. The summed E-state index contributed by atoms with van der Waals surface area (Å²) in [6.07, 6.45) is 0. The molecule has 0 heterocycles. The van der Waals surface area contributed by atoms with E-state index in [1.54, 1.807) is 7.05 Å². The Morgan fingerprint density at radius 3 is 2.00 bits per heavy atom. The molecule has 0 spiro atoms. The number of hydrogen-bond acceptors (Lipinski definition) is 3. The van der Waals surface area contributed by atoms with Gasteiger partial charge in [-0.15, -0.1) is 0 Å². The fraction of sp³-hybridized carbons (Fsp3) is 0.455. The SMILES string of the molecule is CNCS(=O)(=O)c1c(C)cc(C)cc1C. The van der Waals surface area contributed by atoms with Crippen LogP contribution in [0.2, 0.25) is 0 Å². The van der Waals surface area contributed by atoms with Crippen molar-refractivity contribution in [3.8, 4) is 0 Å². The van der Waals surface area contributed by atoms with Gasteiger partial charge in [0, 0.05) is 0 Å². The summed E-state index contributed by atoms with van der Waals surface area (Å²) in [7, 11) is -1.56. The molecule has 0 saturated carbocycles. The highest BCUT2D eigenvalue weighted by Gasteiger charge is 2.18. The first-order chi connectivity index (χ1) is 6.88. The van der Waals surface area contributed by atoms with E-state index in [-0.39, 0.29) is 5.88 Å². The summed E-state index contributed by atoms with van der Waals surface area (Å²) < 4.78 is 23.8. The molecule has 1 N–H and O–H groups in total. The third kappa shape index (κ3) is 2.58. The number of nitrogens with one attached hydrogen (secondary N) is 1. The van der Waals surface area contributed by atoms with Gasteiger partial charge < -0.3 is 5.32 Å². The Labute approximate surface area is 91.4 Å². The topological polar surface area (TPSA) is 46.2 Å². The number of rotatable bonds is 3. The molecule has 0 aromatic heterocycles. The molecule has 0 amide bonds. The molecular formula is C11H17NO2S. The quantitative estimate of drug-likeness (QED) is 0.852. The Morgan fingerprint density at radius 2 is 1.60 bits per heavy atom. The maximum Gasteiger partial charge on any atom is 0.191 e. The number of benzene rings is 1. The monoisotopic (exact) mass is 227 g/mol. The van der Waals surface area contributed by atoms with Crippen LogP contribution in [0.4, 0.5) is 0 Å². The average Bonchev–Trinajstić information content (AvgIpc) is 1.99. The van der Waals surface area contributed by atoms with E-state index < -0.39 is 9.84 Å². The van der Waals surface area contributed by atoms with Crippen LogP contribution >= 0.6 is 0 Å². The first kappa shape index (κ1) is 12.2. The molecule has 4 heteroatoms. The molecule has 0 fully saturated rings. The Morgan fingerprint density at radius 1 is 1.13 bits per heavy atom. The van der Waals surface area contributed by atoms with Crippen LogP contribution in [0.25, 0.3) is 0 Å². The van der Waals surface area contributed by atoms with Crippen LogP contribution in [0.1, 0.15) is 16.7 Å². The molecule has 1 rings (SSSR count). The fourth-order valence-electron chi connectivity index (χ4n) is 1.92. The smallest absolute Gasteiger partial charge is 0.191 e.